The molecule has 0 spiro atoms. The number of methoxy groups -OCH3 is 1. The molecule has 2 aromatic carbocycles. The van der Waals surface area contributed by atoms with Gasteiger partial charge in [-0.1, -0.05) is 30.3 Å². The van der Waals surface area contributed by atoms with Crippen molar-refractivity contribution in [2.45, 2.75) is 25.9 Å². The van der Waals surface area contributed by atoms with Crippen molar-refractivity contribution < 1.29 is 27.8 Å². The van der Waals surface area contributed by atoms with E-state index < -0.39 is 12.5 Å². The number of alkyl halides is 2. The van der Waals surface area contributed by atoms with E-state index >= 15 is 0 Å². The summed E-state index contributed by atoms with van der Waals surface area (Å²) in [5, 5.41) is 2.60. The number of carbonyl (C=O) groups is 2. The van der Waals surface area contributed by atoms with Crippen molar-refractivity contribution in [3.63, 3.8) is 0 Å². The van der Waals surface area contributed by atoms with Crippen LogP contribution in [-0.2, 0) is 11.2 Å². The summed E-state index contributed by atoms with van der Waals surface area (Å²) in [5.41, 5.74) is 1.52. The summed E-state index contributed by atoms with van der Waals surface area (Å²) in [6.45, 7) is 0.866. The van der Waals surface area contributed by atoms with E-state index in [4.69, 9.17) is 4.74 Å². The zero-order valence-electron chi connectivity index (χ0n) is 19.3. The Balaban J connectivity index is 1.43. The lowest BCUT2D eigenvalue weighted by Gasteiger charge is -2.22. The minimum atomic E-state index is -3.00. The Bertz CT molecular complexity index is 943. The highest BCUT2D eigenvalue weighted by Crippen LogP contribution is 2.29. The first-order valence-electron chi connectivity index (χ1n) is 11.4. The van der Waals surface area contributed by atoms with Crippen LogP contribution in [-0.4, -0.2) is 74.6 Å². The molecular formula is C25H31F2N3O4. The molecule has 1 fully saturated rings. The highest BCUT2D eigenvalue weighted by molar-refractivity contribution is 5.97. The van der Waals surface area contributed by atoms with Crippen molar-refractivity contribution in [2.24, 2.45) is 0 Å². The minimum absolute atomic E-state index is 0.0131. The van der Waals surface area contributed by atoms with Crippen LogP contribution in [0.1, 0.15) is 28.8 Å². The third-order valence-corrected chi connectivity index (χ3v) is 5.77. The van der Waals surface area contributed by atoms with Crippen LogP contribution in [0.2, 0.25) is 0 Å². The lowest BCUT2D eigenvalue weighted by molar-refractivity contribution is -0.130. The SMILES string of the molecule is COc1cc(C(=O)NCC(=O)N2CCCN(CCCc3ccccc3)CC2)ccc1OC(F)F. The van der Waals surface area contributed by atoms with Crippen molar-refractivity contribution in [3.05, 3.63) is 59.7 Å². The quantitative estimate of drug-likeness (QED) is 0.572. The molecule has 1 aliphatic heterocycles. The number of aryl methyl sites for hydroxylation is 1. The second-order valence-corrected chi connectivity index (χ2v) is 8.09. The van der Waals surface area contributed by atoms with Gasteiger partial charge in [-0.05, 0) is 56.1 Å². The van der Waals surface area contributed by atoms with Crippen molar-refractivity contribution in [1.82, 2.24) is 15.1 Å². The molecule has 1 saturated heterocycles. The second-order valence-electron chi connectivity index (χ2n) is 8.09. The molecule has 7 nitrogen and oxygen atoms in total. The minimum Gasteiger partial charge on any atom is -0.493 e. The summed E-state index contributed by atoms with van der Waals surface area (Å²) in [5.74, 6) is -0.793. The third-order valence-electron chi connectivity index (χ3n) is 5.77. The van der Waals surface area contributed by atoms with Gasteiger partial charge in [0.2, 0.25) is 5.91 Å². The predicted octanol–water partition coefficient (Wildman–Crippen LogP) is 3.19. The average Bonchev–Trinajstić information content (AvgIpc) is 3.09. The van der Waals surface area contributed by atoms with Crippen LogP contribution in [0, 0.1) is 0 Å². The Morgan fingerprint density at radius 2 is 1.82 bits per heavy atom. The summed E-state index contributed by atoms with van der Waals surface area (Å²) in [6.07, 6.45) is 2.98. The monoisotopic (exact) mass is 475 g/mol. The van der Waals surface area contributed by atoms with Crippen molar-refractivity contribution in [1.29, 1.82) is 0 Å². The first-order chi connectivity index (χ1) is 16.5. The number of hydrogen-bond donors (Lipinski definition) is 1. The Labute approximate surface area is 198 Å². The Morgan fingerprint density at radius 1 is 1.03 bits per heavy atom. The molecule has 34 heavy (non-hydrogen) atoms. The molecule has 0 aromatic heterocycles. The number of rotatable bonds is 10. The maximum atomic E-state index is 12.7. The van der Waals surface area contributed by atoms with Crippen molar-refractivity contribution >= 4 is 11.8 Å². The summed E-state index contributed by atoms with van der Waals surface area (Å²) < 4.78 is 34.3. The van der Waals surface area contributed by atoms with Crippen LogP contribution in [0.5, 0.6) is 11.5 Å². The molecule has 0 unspecified atom stereocenters. The van der Waals surface area contributed by atoms with Gasteiger partial charge in [-0.3, -0.25) is 9.59 Å². The third kappa shape index (κ3) is 7.69. The van der Waals surface area contributed by atoms with Gasteiger partial charge in [-0.15, -0.1) is 0 Å². The standard InChI is InChI=1S/C25H31F2N3O4/c1-33-22-17-20(10-11-21(22)34-25(26)27)24(32)28-18-23(31)30-14-6-13-29(15-16-30)12-5-9-19-7-3-2-4-8-19/h2-4,7-8,10-11,17,25H,5-6,9,12-16,18H2,1H3,(H,28,32). The number of ether oxygens (including phenoxy) is 2. The van der Waals surface area contributed by atoms with Crippen LogP contribution in [0.4, 0.5) is 8.78 Å². The lowest BCUT2D eigenvalue weighted by Crippen LogP contribution is -2.42. The van der Waals surface area contributed by atoms with E-state index in [1.165, 1.54) is 30.9 Å². The molecule has 0 saturated carbocycles. The fourth-order valence-corrected chi connectivity index (χ4v) is 3.97. The Morgan fingerprint density at radius 3 is 2.56 bits per heavy atom. The molecule has 0 atom stereocenters. The smallest absolute Gasteiger partial charge is 0.387 e. The van der Waals surface area contributed by atoms with Crippen LogP contribution < -0.4 is 14.8 Å². The molecule has 184 valence electrons. The van der Waals surface area contributed by atoms with E-state index in [1.54, 1.807) is 4.90 Å². The van der Waals surface area contributed by atoms with E-state index in [0.29, 0.717) is 13.1 Å². The largest absolute Gasteiger partial charge is 0.493 e. The maximum absolute atomic E-state index is 12.7. The van der Waals surface area contributed by atoms with Crippen LogP contribution in [0.25, 0.3) is 0 Å². The van der Waals surface area contributed by atoms with Crippen LogP contribution in [0.3, 0.4) is 0 Å². The molecule has 9 heteroatoms. The van der Waals surface area contributed by atoms with Crippen LogP contribution in [0.15, 0.2) is 48.5 Å². The number of amides is 2. The normalized spacial score (nSPS) is 14.5. The molecule has 1 aliphatic rings. The average molecular weight is 476 g/mol. The second kappa shape index (κ2) is 12.9. The topological polar surface area (TPSA) is 71.1 Å². The van der Waals surface area contributed by atoms with Crippen molar-refractivity contribution in [2.75, 3.05) is 46.4 Å². The number of benzene rings is 2. The molecule has 0 aliphatic carbocycles. The summed E-state index contributed by atoms with van der Waals surface area (Å²) >= 11 is 0. The lowest BCUT2D eigenvalue weighted by atomic mass is 10.1. The summed E-state index contributed by atoms with van der Waals surface area (Å²) in [6, 6.07) is 14.3. The zero-order valence-corrected chi connectivity index (χ0v) is 19.3. The number of nitrogens with one attached hydrogen (secondary N) is 1. The van der Waals surface area contributed by atoms with Gasteiger partial charge in [0.1, 0.15) is 0 Å². The zero-order chi connectivity index (χ0) is 24.3. The van der Waals surface area contributed by atoms with Crippen molar-refractivity contribution in [3.8, 4) is 11.5 Å². The summed E-state index contributed by atoms with van der Waals surface area (Å²) in [7, 11) is 1.29. The van der Waals surface area contributed by atoms with E-state index in [9.17, 15) is 18.4 Å². The van der Waals surface area contributed by atoms with Gasteiger partial charge >= 0.3 is 6.61 Å². The molecular weight excluding hydrogens is 444 g/mol. The molecule has 1 N–H and O–H groups in total. The Kier molecular flexibility index (Phi) is 9.63. The predicted molar refractivity (Wildman–Crippen MR) is 124 cm³/mol. The first kappa shape index (κ1) is 25.4. The van der Waals surface area contributed by atoms with E-state index in [-0.39, 0.29) is 29.5 Å². The van der Waals surface area contributed by atoms with Crippen LogP contribution >= 0.6 is 0 Å². The highest BCUT2D eigenvalue weighted by atomic mass is 19.3. The number of nitrogens with zero attached hydrogens (tertiary/aromatic N) is 2. The molecule has 0 bridgehead atoms. The maximum Gasteiger partial charge on any atom is 0.387 e. The fourth-order valence-electron chi connectivity index (χ4n) is 3.97. The molecule has 2 amide bonds. The van der Waals surface area contributed by atoms with E-state index in [1.807, 2.05) is 6.07 Å². The van der Waals surface area contributed by atoms with Gasteiger partial charge in [0.05, 0.1) is 13.7 Å². The van der Waals surface area contributed by atoms with Gasteiger partial charge in [0.25, 0.3) is 5.91 Å². The fraction of sp³-hybridized carbons (Fsp3) is 0.440. The van der Waals surface area contributed by atoms with E-state index in [2.05, 4.69) is 39.2 Å². The van der Waals surface area contributed by atoms with Gasteiger partial charge in [-0.2, -0.15) is 8.78 Å². The summed E-state index contributed by atoms with van der Waals surface area (Å²) in [4.78, 5) is 29.3. The number of halogens is 2. The number of carbonyl (C=O) groups excluding carboxylic acids is 2. The highest BCUT2D eigenvalue weighted by Gasteiger charge is 2.20. The first-order valence-corrected chi connectivity index (χ1v) is 11.4. The number of hydrogen-bond acceptors (Lipinski definition) is 5. The van der Waals surface area contributed by atoms with E-state index in [0.717, 1.165) is 38.9 Å². The van der Waals surface area contributed by atoms with Gasteiger partial charge in [0.15, 0.2) is 11.5 Å². The van der Waals surface area contributed by atoms with Gasteiger partial charge in [0, 0.05) is 25.2 Å². The molecule has 2 aromatic rings. The van der Waals surface area contributed by atoms with Gasteiger partial charge < -0.3 is 24.6 Å². The molecule has 0 radical (unpaired) electrons. The van der Waals surface area contributed by atoms with Gasteiger partial charge in [-0.25, -0.2) is 0 Å². The Hall–Kier alpha value is -3.20. The molecule has 1 heterocycles. The molecule has 3 rings (SSSR count).